The van der Waals surface area contributed by atoms with Gasteiger partial charge in [-0.1, -0.05) is 42.5 Å². The summed E-state index contributed by atoms with van der Waals surface area (Å²) >= 11 is 0. The molecule has 0 aromatic heterocycles. The third-order valence-electron chi connectivity index (χ3n) is 3.99. The number of phenols is 1. The molecule has 0 radical (unpaired) electrons. The molecule has 1 amide bonds. The van der Waals surface area contributed by atoms with Gasteiger partial charge in [0.15, 0.2) is 6.10 Å². The number of aliphatic hydroxyl groups is 1. The van der Waals surface area contributed by atoms with Gasteiger partial charge >= 0.3 is 5.97 Å². The molecule has 7 heteroatoms. The smallest absolute Gasteiger partial charge is 0.334 e. The van der Waals surface area contributed by atoms with E-state index in [-0.39, 0.29) is 12.2 Å². The van der Waals surface area contributed by atoms with Gasteiger partial charge in [-0.2, -0.15) is 0 Å². The Balaban J connectivity index is 2.06. The van der Waals surface area contributed by atoms with Gasteiger partial charge in [-0.25, -0.2) is 4.79 Å². The van der Waals surface area contributed by atoms with Crippen LogP contribution in [0.3, 0.4) is 0 Å². The van der Waals surface area contributed by atoms with Crippen molar-refractivity contribution < 1.29 is 24.9 Å². The summed E-state index contributed by atoms with van der Waals surface area (Å²) in [5.74, 6) is -1.92. The minimum atomic E-state index is -1.78. The van der Waals surface area contributed by atoms with E-state index in [4.69, 9.17) is 10.8 Å². The Kier molecular flexibility index (Phi) is 6.71. The number of carbonyl (C=O) groups is 2. The van der Waals surface area contributed by atoms with Crippen molar-refractivity contribution in [2.24, 2.45) is 5.73 Å². The molecule has 3 atom stereocenters. The summed E-state index contributed by atoms with van der Waals surface area (Å²) in [4.78, 5) is 23.5. The highest BCUT2D eigenvalue weighted by atomic mass is 16.4. The van der Waals surface area contributed by atoms with Crippen LogP contribution in [0, 0.1) is 0 Å². The second-order valence-electron chi connectivity index (χ2n) is 6.06. The fraction of sp³-hybridized carbons (Fsp3) is 0.263. The van der Waals surface area contributed by atoms with Gasteiger partial charge < -0.3 is 26.4 Å². The van der Waals surface area contributed by atoms with Crippen molar-refractivity contribution in [3.05, 3.63) is 65.7 Å². The Morgan fingerprint density at radius 3 is 2.12 bits per heavy atom. The van der Waals surface area contributed by atoms with Gasteiger partial charge in [0.1, 0.15) is 5.75 Å². The number of aliphatic carboxylic acids is 1. The normalized spacial score (nSPS) is 14.2. The molecule has 26 heavy (non-hydrogen) atoms. The zero-order chi connectivity index (χ0) is 19.1. The summed E-state index contributed by atoms with van der Waals surface area (Å²) in [6.07, 6.45) is -1.41. The van der Waals surface area contributed by atoms with Gasteiger partial charge in [-0.05, 0) is 36.1 Å². The largest absolute Gasteiger partial charge is 0.508 e. The lowest BCUT2D eigenvalue weighted by Crippen LogP contribution is -2.53. The second-order valence-corrected chi connectivity index (χ2v) is 6.06. The monoisotopic (exact) mass is 358 g/mol. The van der Waals surface area contributed by atoms with Crippen molar-refractivity contribution in [1.29, 1.82) is 0 Å². The Bertz CT molecular complexity index is 733. The molecule has 0 aliphatic carbocycles. The third kappa shape index (κ3) is 5.58. The van der Waals surface area contributed by atoms with Gasteiger partial charge in [0, 0.05) is 0 Å². The van der Waals surface area contributed by atoms with Crippen molar-refractivity contribution in [1.82, 2.24) is 5.32 Å². The Morgan fingerprint density at radius 1 is 0.962 bits per heavy atom. The van der Waals surface area contributed by atoms with Crippen LogP contribution < -0.4 is 11.1 Å². The number of benzene rings is 2. The molecule has 0 heterocycles. The van der Waals surface area contributed by atoms with E-state index in [2.05, 4.69) is 5.32 Å². The number of nitrogens with two attached hydrogens (primary N) is 1. The Labute approximate surface area is 151 Å². The van der Waals surface area contributed by atoms with Crippen LogP contribution in [-0.2, 0) is 22.4 Å². The Hall–Kier alpha value is -2.90. The van der Waals surface area contributed by atoms with Crippen LogP contribution in [0.4, 0.5) is 0 Å². The van der Waals surface area contributed by atoms with Crippen molar-refractivity contribution in [2.45, 2.75) is 31.0 Å². The van der Waals surface area contributed by atoms with E-state index >= 15 is 0 Å². The second kappa shape index (κ2) is 8.98. The van der Waals surface area contributed by atoms with Gasteiger partial charge in [0.2, 0.25) is 5.91 Å². The summed E-state index contributed by atoms with van der Waals surface area (Å²) in [6.45, 7) is 0. The molecule has 7 nitrogen and oxygen atoms in total. The van der Waals surface area contributed by atoms with Crippen molar-refractivity contribution in [3.63, 3.8) is 0 Å². The molecule has 6 N–H and O–H groups in total. The van der Waals surface area contributed by atoms with E-state index in [0.29, 0.717) is 12.0 Å². The molecule has 0 aliphatic heterocycles. The van der Waals surface area contributed by atoms with Crippen molar-refractivity contribution >= 4 is 11.9 Å². The first-order valence-corrected chi connectivity index (χ1v) is 8.15. The lowest BCUT2D eigenvalue weighted by Gasteiger charge is -2.23. The average molecular weight is 358 g/mol. The van der Waals surface area contributed by atoms with E-state index in [1.54, 1.807) is 12.1 Å². The van der Waals surface area contributed by atoms with Crippen LogP contribution in [0.2, 0.25) is 0 Å². The first-order chi connectivity index (χ1) is 12.4. The number of carboxylic acid groups (broad SMARTS) is 1. The summed E-state index contributed by atoms with van der Waals surface area (Å²) in [5, 5.41) is 30.8. The number of carboxylic acids is 1. The Morgan fingerprint density at radius 2 is 1.54 bits per heavy atom. The van der Waals surface area contributed by atoms with Crippen LogP contribution in [-0.4, -0.2) is 45.4 Å². The number of aliphatic hydroxyl groups excluding tert-OH is 1. The van der Waals surface area contributed by atoms with Crippen LogP contribution >= 0.6 is 0 Å². The number of phenolic OH excluding ortho intramolecular Hbond substituents is 1. The molecule has 0 saturated carbocycles. The predicted molar refractivity (Wildman–Crippen MR) is 95.5 cm³/mol. The molecule has 2 rings (SSSR count). The first kappa shape index (κ1) is 19.4. The van der Waals surface area contributed by atoms with E-state index in [1.807, 2.05) is 30.3 Å². The number of amides is 1. The minimum Gasteiger partial charge on any atom is -0.508 e. The maximum atomic E-state index is 12.3. The zero-order valence-corrected chi connectivity index (χ0v) is 14.1. The van der Waals surface area contributed by atoms with E-state index in [1.165, 1.54) is 12.1 Å². The highest BCUT2D eigenvalue weighted by Gasteiger charge is 2.29. The fourth-order valence-electron chi connectivity index (χ4n) is 2.55. The molecule has 0 spiro atoms. The van der Waals surface area contributed by atoms with E-state index in [0.717, 1.165) is 5.56 Å². The molecular weight excluding hydrogens is 336 g/mol. The van der Waals surface area contributed by atoms with Crippen molar-refractivity contribution in [2.75, 3.05) is 0 Å². The summed E-state index contributed by atoms with van der Waals surface area (Å²) in [6, 6.07) is 13.4. The summed E-state index contributed by atoms with van der Waals surface area (Å²) < 4.78 is 0. The molecule has 0 fully saturated rings. The van der Waals surface area contributed by atoms with Crippen LogP contribution in [0.1, 0.15) is 11.1 Å². The first-order valence-electron chi connectivity index (χ1n) is 8.15. The molecule has 2 unspecified atom stereocenters. The molecule has 0 bridgehead atoms. The zero-order valence-electron chi connectivity index (χ0n) is 14.1. The molecule has 2 aromatic rings. The number of rotatable bonds is 8. The summed E-state index contributed by atoms with van der Waals surface area (Å²) in [5.41, 5.74) is 7.45. The van der Waals surface area contributed by atoms with Crippen LogP contribution in [0.15, 0.2) is 54.6 Å². The highest BCUT2D eigenvalue weighted by Crippen LogP contribution is 2.13. The van der Waals surface area contributed by atoms with Gasteiger partial charge in [-0.15, -0.1) is 0 Å². The van der Waals surface area contributed by atoms with Crippen LogP contribution in [0.5, 0.6) is 5.75 Å². The summed E-state index contributed by atoms with van der Waals surface area (Å²) in [7, 11) is 0. The fourth-order valence-corrected chi connectivity index (χ4v) is 2.55. The number of carbonyl (C=O) groups excluding carboxylic acids is 1. The molecule has 2 aromatic carbocycles. The van der Waals surface area contributed by atoms with Gasteiger partial charge in [-0.3, -0.25) is 4.79 Å². The van der Waals surface area contributed by atoms with Gasteiger partial charge in [0.05, 0.1) is 12.1 Å². The maximum Gasteiger partial charge on any atom is 0.334 e. The standard InChI is InChI=1S/C19H22N2O5/c20-15(10-12-4-2-1-3-5-12)18(24)21-16(17(23)19(25)26)11-13-6-8-14(22)9-7-13/h1-9,15-17,22-23H,10-11,20H2,(H,21,24)(H,25,26)/t15?,16?,17-/m1/s1. The topological polar surface area (TPSA) is 133 Å². The average Bonchev–Trinajstić information content (AvgIpc) is 2.63. The molecule has 138 valence electrons. The lowest BCUT2D eigenvalue weighted by molar-refractivity contribution is -0.148. The third-order valence-corrected chi connectivity index (χ3v) is 3.99. The van der Waals surface area contributed by atoms with E-state index in [9.17, 15) is 19.8 Å². The maximum absolute atomic E-state index is 12.3. The van der Waals surface area contributed by atoms with Crippen molar-refractivity contribution in [3.8, 4) is 5.75 Å². The number of aromatic hydroxyl groups is 1. The number of nitrogens with one attached hydrogen (secondary N) is 1. The lowest BCUT2D eigenvalue weighted by atomic mass is 9.99. The number of hydrogen-bond donors (Lipinski definition) is 5. The minimum absolute atomic E-state index is 0.0676. The van der Waals surface area contributed by atoms with Gasteiger partial charge in [0.25, 0.3) is 0 Å². The quantitative estimate of drug-likeness (QED) is 0.465. The van der Waals surface area contributed by atoms with Crippen LogP contribution in [0.25, 0.3) is 0 Å². The SMILES string of the molecule is NC(Cc1ccccc1)C(=O)NC(Cc1ccc(O)cc1)[C@@H](O)C(=O)O. The molecule has 0 saturated heterocycles. The van der Waals surface area contributed by atoms with E-state index < -0.39 is 30.1 Å². The molecular formula is C19H22N2O5. The highest BCUT2D eigenvalue weighted by molar-refractivity contribution is 5.83. The molecule has 0 aliphatic rings. The predicted octanol–water partition coefficient (Wildman–Crippen LogP) is 0.435. The number of hydrogen-bond acceptors (Lipinski definition) is 5.